The molecule has 2 heterocycles. The number of piperazine rings is 1. The first kappa shape index (κ1) is 18.4. The zero-order chi connectivity index (χ0) is 19.3. The van der Waals surface area contributed by atoms with Gasteiger partial charge in [0.05, 0.1) is 12.0 Å². The maximum Gasteiger partial charge on any atom is 0.339 e. The van der Waals surface area contributed by atoms with Crippen LogP contribution < -0.4 is 0 Å². The number of carbonyl (C=O) groups excluding carboxylic acids is 2. The summed E-state index contributed by atoms with van der Waals surface area (Å²) in [6.45, 7) is 4.00. The van der Waals surface area contributed by atoms with Crippen molar-refractivity contribution in [1.29, 1.82) is 0 Å². The van der Waals surface area contributed by atoms with Crippen molar-refractivity contribution in [3.05, 3.63) is 77.4 Å². The zero-order valence-electron chi connectivity index (χ0n) is 15.8. The van der Waals surface area contributed by atoms with Gasteiger partial charge in [-0.3, -0.25) is 9.69 Å². The molecule has 0 radical (unpaired) electrons. The zero-order valence-corrected chi connectivity index (χ0v) is 15.8. The summed E-state index contributed by atoms with van der Waals surface area (Å²) in [6, 6.07) is 17.6. The number of amides is 1. The van der Waals surface area contributed by atoms with E-state index in [4.69, 9.17) is 4.74 Å². The van der Waals surface area contributed by atoms with E-state index in [1.165, 1.54) is 5.56 Å². The van der Waals surface area contributed by atoms with Crippen molar-refractivity contribution in [1.82, 2.24) is 9.80 Å². The van der Waals surface area contributed by atoms with Crippen LogP contribution in [0.2, 0.25) is 0 Å². The molecule has 2 aliphatic rings. The van der Waals surface area contributed by atoms with Crippen LogP contribution >= 0.6 is 0 Å². The normalized spacial score (nSPS) is 19.6. The Morgan fingerprint density at radius 2 is 1.71 bits per heavy atom. The van der Waals surface area contributed by atoms with E-state index in [-0.39, 0.29) is 18.3 Å². The lowest BCUT2D eigenvalue weighted by atomic mass is 10.0. The minimum Gasteiger partial charge on any atom is -0.453 e. The molecule has 0 unspecified atom stereocenters. The van der Waals surface area contributed by atoms with Crippen molar-refractivity contribution in [2.24, 2.45) is 0 Å². The molecule has 0 aromatic heterocycles. The van der Waals surface area contributed by atoms with Crippen molar-refractivity contribution >= 4 is 18.0 Å². The molecule has 5 nitrogen and oxygen atoms in total. The summed E-state index contributed by atoms with van der Waals surface area (Å²) in [5.41, 5.74) is 2.60. The van der Waals surface area contributed by atoms with Crippen LogP contribution in [0.4, 0.5) is 0 Å². The highest BCUT2D eigenvalue weighted by Crippen LogP contribution is 2.33. The lowest BCUT2D eigenvalue weighted by Crippen LogP contribution is -2.48. The van der Waals surface area contributed by atoms with Crippen LogP contribution in [0.3, 0.4) is 0 Å². The van der Waals surface area contributed by atoms with Crippen molar-refractivity contribution in [2.45, 2.75) is 12.5 Å². The molecule has 4 rings (SSSR count). The average molecular weight is 376 g/mol. The minimum absolute atomic E-state index is 0.0500. The smallest absolute Gasteiger partial charge is 0.339 e. The van der Waals surface area contributed by atoms with Gasteiger partial charge in [-0.25, -0.2) is 4.79 Å². The fraction of sp³-hybridized carbons (Fsp3) is 0.304. The van der Waals surface area contributed by atoms with E-state index in [1.807, 2.05) is 41.3 Å². The Morgan fingerprint density at radius 3 is 2.50 bits per heavy atom. The molecular weight excluding hydrogens is 352 g/mol. The Morgan fingerprint density at radius 1 is 1.00 bits per heavy atom. The van der Waals surface area contributed by atoms with E-state index >= 15 is 0 Å². The second-order valence-corrected chi connectivity index (χ2v) is 7.18. The number of ether oxygens (including phenoxy) is 1. The number of rotatable bonds is 5. The molecule has 1 atom stereocenters. The molecule has 0 bridgehead atoms. The molecule has 1 fully saturated rings. The number of hydrogen-bond donors (Lipinski definition) is 0. The monoisotopic (exact) mass is 376 g/mol. The summed E-state index contributed by atoms with van der Waals surface area (Å²) in [5.74, 6) is -0.280. The predicted molar refractivity (Wildman–Crippen MR) is 108 cm³/mol. The molecule has 2 aliphatic heterocycles. The summed E-state index contributed by atoms with van der Waals surface area (Å²) in [7, 11) is 0. The van der Waals surface area contributed by atoms with Crippen LogP contribution in [-0.4, -0.2) is 54.4 Å². The lowest BCUT2D eigenvalue weighted by molar-refractivity contribution is -0.134. The maximum atomic E-state index is 12.7. The van der Waals surface area contributed by atoms with Gasteiger partial charge < -0.3 is 9.64 Å². The highest BCUT2D eigenvalue weighted by atomic mass is 16.5. The largest absolute Gasteiger partial charge is 0.453 e. The van der Waals surface area contributed by atoms with E-state index in [1.54, 1.807) is 6.07 Å². The van der Waals surface area contributed by atoms with Crippen LogP contribution in [0, 0.1) is 0 Å². The Hall–Kier alpha value is -2.92. The molecule has 1 saturated heterocycles. The van der Waals surface area contributed by atoms with Gasteiger partial charge in [0.2, 0.25) is 5.91 Å². The standard InChI is InChI=1S/C23H24N2O3/c26-22(17-21-19-10-4-5-11-20(19)23(27)28-21)25-15-13-24(14-16-25)12-6-9-18-7-2-1-3-8-18/h1-11,21H,12-17H2/b9-6+/t21-/m1/s1. The molecule has 0 saturated carbocycles. The maximum absolute atomic E-state index is 12.7. The molecule has 5 heteroatoms. The Labute approximate surface area is 165 Å². The molecule has 0 N–H and O–H groups in total. The number of hydrogen-bond acceptors (Lipinski definition) is 4. The summed E-state index contributed by atoms with van der Waals surface area (Å²) in [6.07, 6.45) is 4.06. The predicted octanol–water partition coefficient (Wildman–Crippen LogP) is 3.15. The molecule has 28 heavy (non-hydrogen) atoms. The summed E-state index contributed by atoms with van der Waals surface area (Å²) in [4.78, 5) is 28.8. The number of fused-ring (bicyclic) bond motifs is 1. The highest BCUT2D eigenvalue weighted by molar-refractivity contribution is 5.94. The van der Waals surface area contributed by atoms with Gasteiger partial charge in [-0.15, -0.1) is 0 Å². The number of carbonyl (C=O) groups is 2. The fourth-order valence-electron chi connectivity index (χ4n) is 3.74. The van der Waals surface area contributed by atoms with Crippen LogP contribution in [0.15, 0.2) is 60.7 Å². The first-order chi connectivity index (χ1) is 13.7. The van der Waals surface area contributed by atoms with Gasteiger partial charge in [0.25, 0.3) is 0 Å². The second kappa shape index (κ2) is 8.40. The van der Waals surface area contributed by atoms with Crippen molar-refractivity contribution in [3.8, 4) is 0 Å². The minimum atomic E-state index is -0.456. The van der Waals surface area contributed by atoms with Crippen LogP contribution in [0.1, 0.15) is 34.0 Å². The lowest BCUT2D eigenvalue weighted by Gasteiger charge is -2.34. The van der Waals surface area contributed by atoms with Crippen LogP contribution in [0.25, 0.3) is 6.08 Å². The first-order valence-electron chi connectivity index (χ1n) is 9.72. The summed E-state index contributed by atoms with van der Waals surface area (Å²) in [5, 5.41) is 0. The van der Waals surface area contributed by atoms with Gasteiger partial charge in [0.1, 0.15) is 6.10 Å². The number of benzene rings is 2. The Kier molecular flexibility index (Phi) is 5.53. The summed E-state index contributed by atoms with van der Waals surface area (Å²) < 4.78 is 5.40. The Bertz CT molecular complexity index is 870. The van der Waals surface area contributed by atoms with E-state index in [9.17, 15) is 9.59 Å². The van der Waals surface area contributed by atoms with Gasteiger partial charge in [-0.1, -0.05) is 60.7 Å². The Balaban J connectivity index is 1.26. The molecule has 2 aromatic rings. The van der Waals surface area contributed by atoms with E-state index in [0.29, 0.717) is 18.7 Å². The second-order valence-electron chi connectivity index (χ2n) is 7.18. The molecular formula is C23H24N2O3. The van der Waals surface area contributed by atoms with Gasteiger partial charge in [-0.05, 0) is 11.6 Å². The van der Waals surface area contributed by atoms with Gasteiger partial charge >= 0.3 is 5.97 Å². The third-order valence-corrected chi connectivity index (χ3v) is 5.34. The summed E-state index contributed by atoms with van der Waals surface area (Å²) >= 11 is 0. The third-order valence-electron chi connectivity index (χ3n) is 5.34. The average Bonchev–Trinajstić information content (AvgIpc) is 3.05. The molecule has 2 aromatic carbocycles. The SMILES string of the molecule is O=C1O[C@H](CC(=O)N2CCN(C/C=C/c3ccccc3)CC2)c2ccccc21. The number of esters is 1. The van der Waals surface area contributed by atoms with Gasteiger partial charge in [0, 0.05) is 38.3 Å². The molecule has 0 aliphatic carbocycles. The van der Waals surface area contributed by atoms with Crippen LogP contribution in [0.5, 0.6) is 0 Å². The number of cyclic esters (lactones) is 1. The first-order valence-corrected chi connectivity index (χ1v) is 9.72. The van der Waals surface area contributed by atoms with Crippen LogP contribution in [-0.2, 0) is 9.53 Å². The van der Waals surface area contributed by atoms with Gasteiger partial charge in [-0.2, -0.15) is 0 Å². The fourth-order valence-corrected chi connectivity index (χ4v) is 3.74. The molecule has 1 amide bonds. The number of nitrogens with zero attached hydrogens (tertiary/aromatic N) is 2. The highest BCUT2D eigenvalue weighted by Gasteiger charge is 2.33. The van der Waals surface area contributed by atoms with E-state index < -0.39 is 6.10 Å². The molecule has 144 valence electrons. The van der Waals surface area contributed by atoms with E-state index in [2.05, 4.69) is 29.2 Å². The van der Waals surface area contributed by atoms with Gasteiger partial charge in [0.15, 0.2) is 0 Å². The topological polar surface area (TPSA) is 49.9 Å². The van der Waals surface area contributed by atoms with E-state index in [0.717, 1.165) is 25.2 Å². The third kappa shape index (κ3) is 4.15. The molecule has 0 spiro atoms. The van der Waals surface area contributed by atoms with Crippen molar-refractivity contribution in [2.75, 3.05) is 32.7 Å². The quantitative estimate of drug-likeness (QED) is 0.753. The van der Waals surface area contributed by atoms with Crippen molar-refractivity contribution < 1.29 is 14.3 Å². The van der Waals surface area contributed by atoms with Crippen molar-refractivity contribution in [3.63, 3.8) is 0 Å².